The maximum Gasteiger partial charge on any atom is 0.265 e. The molecule has 0 aromatic heterocycles. The Morgan fingerprint density at radius 2 is 1.59 bits per heavy atom. The molecule has 0 saturated carbocycles. The molecular formula is C22H29ClN2O2. The lowest BCUT2D eigenvalue weighted by Crippen LogP contribution is -2.43. The van der Waals surface area contributed by atoms with E-state index in [0.29, 0.717) is 29.4 Å². The summed E-state index contributed by atoms with van der Waals surface area (Å²) in [5.41, 5.74) is 0.769. The zero-order valence-electron chi connectivity index (χ0n) is 16.5. The summed E-state index contributed by atoms with van der Waals surface area (Å²) in [5.74, 6) is 0.493. The molecular weight excluding hydrogens is 360 g/mol. The average Bonchev–Trinajstić information content (AvgIpc) is 2.64. The Bertz CT molecular complexity index is 694. The Balaban J connectivity index is 2.08. The zero-order chi connectivity index (χ0) is 19.8. The lowest BCUT2D eigenvalue weighted by molar-refractivity contribution is -0.128. The molecule has 0 aliphatic heterocycles. The number of benzene rings is 2. The minimum absolute atomic E-state index is 0.159. The molecule has 5 heteroatoms. The highest BCUT2D eigenvalue weighted by molar-refractivity contribution is 6.30. The van der Waals surface area contributed by atoms with Crippen molar-refractivity contribution < 1.29 is 9.53 Å². The minimum atomic E-state index is -0.726. The van der Waals surface area contributed by atoms with Gasteiger partial charge in [0.25, 0.3) is 5.91 Å². The summed E-state index contributed by atoms with van der Waals surface area (Å²) < 4.78 is 5.99. The molecule has 2 rings (SSSR count). The molecule has 2 aromatic carbocycles. The molecule has 0 heterocycles. The molecule has 0 aliphatic carbocycles. The van der Waals surface area contributed by atoms with Gasteiger partial charge in [0, 0.05) is 35.8 Å². The van der Waals surface area contributed by atoms with Crippen LogP contribution in [0.2, 0.25) is 5.02 Å². The second-order valence-electron chi connectivity index (χ2n) is 7.08. The molecule has 1 N–H and O–H groups in total. The summed E-state index contributed by atoms with van der Waals surface area (Å²) >= 11 is 5.99. The molecule has 0 radical (unpaired) electrons. The molecule has 0 bridgehead atoms. The number of carbonyl (C=O) groups excluding carboxylic acids is 1. The zero-order valence-corrected chi connectivity index (χ0v) is 17.2. The predicted octanol–water partition coefficient (Wildman–Crippen LogP) is 4.70. The third kappa shape index (κ3) is 6.56. The van der Waals surface area contributed by atoms with Gasteiger partial charge in [-0.25, -0.2) is 0 Å². The second kappa shape index (κ2) is 10.3. The van der Waals surface area contributed by atoms with Crippen LogP contribution in [-0.4, -0.2) is 36.0 Å². The van der Waals surface area contributed by atoms with Gasteiger partial charge in [-0.3, -0.25) is 9.69 Å². The first-order valence-electron chi connectivity index (χ1n) is 9.39. The highest BCUT2D eigenvalue weighted by atomic mass is 35.5. The van der Waals surface area contributed by atoms with Gasteiger partial charge < -0.3 is 10.1 Å². The first-order valence-corrected chi connectivity index (χ1v) is 9.77. The van der Waals surface area contributed by atoms with Crippen LogP contribution in [0, 0.1) is 0 Å². The van der Waals surface area contributed by atoms with E-state index in [1.165, 1.54) is 0 Å². The van der Waals surface area contributed by atoms with Crippen molar-refractivity contribution in [1.82, 2.24) is 10.2 Å². The molecule has 146 valence electrons. The number of hydrogen-bond donors (Lipinski definition) is 1. The highest BCUT2D eigenvalue weighted by Gasteiger charge is 2.23. The highest BCUT2D eigenvalue weighted by Crippen LogP contribution is 2.23. The van der Waals surface area contributed by atoms with E-state index in [1.54, 1.807) is 12.1 Å². The SMILES string of the molecule is CC(C)N(CCNC(=O)[C@H](Oc1ccccc1)c1ccc(Cl)cc1)C(C)C. The van der Waals surface area contributed by atoms with E-state index in [2.05, 4.69) is 37.9 Å². The monoisotopic (exact) mass is 388 g/mol. The van der Waals surface area contributed by atoms with Crippen molar-refractivity contribution >= 4 is 17.5 Å². The van der Waals surface area contributed by atoms with Crippen LogP contribution in [0.3, 0.4) is 0 Å². The molecule has 1 atom stereocenters. The lowest BCUT2D eigenvalue weighted by atomic mass is 10.1. The van der Waals surface area contributed by atoms with Gasteiger partial charge in [0.2, 0.25) is 6.10 Å². The van der Waals surface area contributed by atoms with Gasteiger partial charge in [-0.15, -0.1) is 0 Å². The summed E-state index contributed by atoms with van der Waals surface area (Å²) in [6.07, 6.45) is -0.726. The molecule has 27 heavy (non-hydrogen) atoms. The van der Waals surface area contributed by atoms with Crippen LogP contribution in [0.25, 0.3) is 0 Å². The maximum absolute atomic E-state index is 12.9. The van der Waals surface area contributed by atoms with Gasteiger partial charge >= 0.3 is 0 Å². The van der Waals surface area contributed by atoms with Gasteiger partial charge in [-0.05, 0) is 52.0 Å². The lowest BCUT2D eigenvalue weighted by Gasteiger charge is -2.30. The number of amides is 1. The van der Waals surface area contributed by atoms with Crippen molar-refractivity contribution in [1.29, 1.82) is 0 Å². The average molecular weight is 389 g/mol. The van der Waals surface area contributed by atoms with E-state index in [4.69, 9.17) is 16.3 Å². The third-order valence-electron chi connectivity index (χ3n) is 4.40. The Kier molecular flexibility index (Phi) is 8.14. The van der Waals surface area contributed by atoms with Crippen LogP contribution in [0.4, 0.5) is 0 Å². The fourth-order valence-corrected chi connectivity index (χ4v) is 3.19. The number of carbonyl (C=O) groups is 1. The smallest absolute Gasteiger partial charge is 0.265 e. The van der Waals surface area contributed by atoms with Gasteiger partial charge in [0.15, 0.2) is 0 Å². The predicted molar refractivity (Wildman–Crippen MR) is 111 cm³/mol. The van der Waals surface area contributed by atoms with Gasteiger partial charge in [0.1, 0.15) is 5.75 Å². The minimum Gasteiger partial charge on any atom is -0.476 e. The standard InChI is InChI=1S/C22H29ClN2O2/c1-16(2)25(17(3)4)15-14-24-22(26)21(18-10-12-19(23)13-11-18)27-20-8-6-5-7-9-20/h5-13,16-17,21H,14-15H2,1-4H3,(H,24,26)/t21-/m1/s1. The summed E-state index contributed by atoms with van der Waals surface area (Å²) in [7, 11) is 0. The van der Waals surface area contributed by atoms with Crippen molar-refractivity contribution in [3.63, 3.8) is 0 Å². The molecule has 0 fully saturated rings. The molecule has 0 saturated heterocycles. The van der Waals surface area contributed by atoms with Gasteiger partial charge in [-0.2, -0.15) is 0 Å². The van der Waals surface area contributed by atoms with Crippen molar-refractivity contribution in [2.24, 2.45) is 0 Å². The van der Waals surface area contributed by atoms with Gasteiger partial charge in [0.05, 0.1) is 0 Å². The van der Waals surface area contributed by atoms with E-state index < -0.39 is 6.10 Å². The van der Waals surface area contributed by atoms with Crippen LogP contribution in [-0.2, 0) is 4.79 Å². The molecule has 2 aromatic rings. The number of rotatable bonds is 9. The molecule has 0 unspecified atom stereocenters. The normalized spacial score (nSPS) is 12.4. The number of hydrogen-bond acceptors (Lipinski definition) is 3. The van der Waals surface area contributed by atoms with E-state index in [0.717, 1.165) is 12.1 Å². The Hall–Kier alpha value is -2.04. The summed E-state index contributed by atoms with van der Waals surface area (Å²) in [6, 6.07) is 17.4. The number of para-hydroxylation sites is 1. The second-order valence-corrected chi connectivity index (χ2v) is 7.52. The van der Waals surface area contributed by atoms with E-state index >= 15 is 0 Å². The van der Waals surface area contributed by atoms with Crippen LogP contribution in [0.15, 0.2) is 54.6 Å². The van der Waals surface area contributed by atoms with Crippen LogP contribution < -0.4 is 10.1 Å². The van der Waals surface area contributed by atoms with Crippen molar-refractivity contribution in [3.8, 4) is 5.75 Å². The maximum atomic E-state index is 12.9. The first kappa shape index (κ1) is 21.3. The van der Waals surface area contributed by atoms with Crippen LogP contribution >= 0.6 is 11.6 Å². The number of nitrogens with zero attached hydrogens (tertiary/aromatic N) is 1. The number of ether oxygens (including phenoxy) is 1. The molecule has 0 aliphatic rings. The summed E-state index contributed by atoms with van der Waals surface area (Å²) in [4.78, 5) is 15.2. The molecule has 4 nitrogen and oxygen atoms in total. The number of halogens is 1. The van der Waals surface area contributed by atoms with Crippen LogP contribution in [0.1, 0.15) is 39.4 Å². The van der Waals surface area contributed by atoms with Crippen molar-refractivity contribution in [2.75, 3.05) is 13.1 Å². The van der Waals surface area contributed by atoms with Crippen LogP contribution in [0.5, 0.6) is 5.75 Å². The van der Waals surface area contributed by atoms with Crippen molar-refractivity contribution in [3.05, 3.63) is 65.2 Å². The number of nitrogens with one attached hydrogen (secondary N) is 1. The van der Waals surface area contributed by atoms with E-state index in [1.807, 2.05) is 42.5 Å². The topological polar surface area (TPSA) is 41.6 Å². The summed E-state index contributed by atoms with van der Waals surface area (Å²) in [5, 5.41) is 3.64. The molecule has 1 amide bonds. The fourth-order valence-electron chi connectivity index (χ4n) is 3.06. The van der Waals surface area contributed by atoms with E-state index in [-0.39, 0.29) is 5.91 Å². The molecule has 0 spiro atoms. The Morgan fingerprint density at radius 1 is 1.00 bits per heavy atom. The Labute approximate surface area is 167 Å². The first-order chi connectivity index (χ1) is 12.9. The third-order valence-corrected chi connectivity index (χ3v) is 4.66. The fraction of sp³-hybridized carbons (Fsp3) is 0.409. The largest absolute Gasteiger partial charge is 0.476 e. The quantitative estimate of drug-likeness (QED) is 0.677. The summed E-state index contributed by atoms with van der Waals surface area (Å²) in [6.45, 7) is 10.0. The Morgan fingerprint density at radius 3 is 2.15 bits per heavy atom. The van der Waals surface area contributed by atoms with E-state index in [9.17, 15) is 4.79 Å². The van der Waals surface area contributed by atoms with Crippen molar-refractivity contribution in [2.45, 2.75) is 45.9 Å². The van der Waals surface area contributed by atoms with Gasteiger partial charge in [-0.1, -0.05) is 41.9 Å².